The fourth-order valence-electron chi connectivity index (χ4n) is 7.91. The van der Waals surface area contributed by atoms with E-state index in [4.69, 9.17) is 9.47 Å². The first-order chi connectivity index (χ1) is 27.7. The van der Waals surface area contributed by atoms with Gasteiger partial charge in [-0.15, -0.1) is 0 Å². The average Bonchev–Trinajstić information content (AvgIpc) is 3.21. The third-order valence-electron chi connectivity index (χ3n) is 11.9. The minimum Gasteiger partial charge on any atom is -0.394 e. The Morgan fingerprint density at radius 2 is 0.912 bits per heavy atom. The van der Waals surface area contributed by atoms with Crippen LogP contribution in [0.2, 0.25) is 0 Å². The molecule has 1 fully saturated rings. The van der Waals surface area contributed by atoms with E-state index in [0.29, 0.717) is 19.3 Å². The van der Waals surface area contributed by atoms with Crippen LogP contribution in [0.3, 0.4) is 0 Å². The summed E-state index contributed by atoms with van der Waals surface area (Å²) in [6.45, 7) is 3.37. The average molecular weight is 818 g/mol. The largest absolute Gasteiger partial charge is 0.394 e. The van der Waals surface area contributed by atoms with Crippen LogP contribution in [0.1, 0.15) is 219 Å². The number of aliphatic hydroxyl groups excluding tert-OH is 7. The second kappa shape index (κ2) is 36.9. The summed E-state index contributed by atoms with van der Waals surface area (Å²) in [4.78, 5) is 13.0. The van der Waals surface area contributed by atoms with Crippen molar-refractivity contribution >= 4 is 5.91 Å². The highest BCUT2D eigenvalue weighted by Gasteiger charge is 2.44. The van der Waals surface area contributed by atoms with Crippen LogP contribution < -0.4 is 5.32 Å². The Balaban J connectivity index is 2.24. The maximum atomic E-state index is 13.0. The number of hydrogen-bond acceptors (Lipinski definition) is 10. The number of unbranched alkanes of at least 4 members (excludes halogenated alkanes) is 28. The number of ether oxygens (including phenoxy) is 2. The standard InChI is InChI=1S/C46H91NO10/c1-3-5-7-9-11-12-13-14-15-16-17-18-19-20-21-22-23-24-25-26-27-28-30-32-34-39(50)45(55)47-37(41(51)38(49)33-31-29-10-8-6-4-2)36-56-46-44(54)43(53)42(52)40(35-48)57-46/h37-44,46,48-54H,3-36H2,1-2H3,(H,47,55). The number of aliphatic hydroxyl groups is 7. The molecular formula is C46H91NO10. The first-order valence-electron chi connectivity index (χ1n) is 23.9. The van der Waals surface area contributed by atoms with Gasteiger partial charge in [-0.05, 0) is 12.8 Å². The van der Waals surface area contributed by atoms with Crippen molar-refractivity contribution in [3.63, 3.8) is 0 Å². The molecule has 1 aliphatic heterocycles. The van der Waals surface area contributed by atoms with Crippen molar-refractivity contribution in [2.45, 2.75) is 274 Å². The van der Waals surface area contributed by atoms with Gasteiger partial charge >= 0.3 is 0 Å². The molecule has 0 saturated carbocycles. The highest BCUT2D eigenvalue weighted by Crippen LogP contribution is 2.23. The molecule has 9 atom stereocenters. The molecule has 0 spiro atoms. The van der Waals surface area contributed by atoms with E-state index in [9.17, 15) is 40.5 Å². The topological polar surface area (TPSA) is 189 Å². The van der Waals surface area contributed by atoms with Crippen molar-refractivity contribution in [2.75, 3.05) is 13.2 Å². The van der Waals surface area contributed by atoms with Crippen LogP contribution in [0.4, 0.5) is 0 Å². The normalized spacial score (nSPS) is 22.0. The molecule has 9 unspecified atom stereocenters. The second-order valence-electron chi connectivity index (χ2n) is 17.2. The van der Waals surface area contributed by atoms with Gasteiger partial charge in [0.2, 0.25) is 5.91 Å². The maximum absolute atomic E-state index is 13.0. The molecule has 1 rings (SSSR count). The zero-order valence-electron chi connectivity index (χ0n) is 36.6. The predicted molar refractivity (Wildman–Crippen MR) is 229 cm³/mol. The molecule has 0 bridgehead atoms. The van der Waals surface area contributed by atoms with E-state index in [1.807, 2.05) is 0 Å². The summed E-state index contributed by atoms with van der Waals surface area (Å²) in [5.74, 6) is -0.697. The molecule has 11 nitrogen and oxygen atoms in total. The molecular weight excluding hydrogens is 727 g/mol. The van der Waals surface area contributed by atoms with Gasteiger partial charge in [0.1, 0.15) is 36.6 Å². The van der Waals surface area contributed by atoms with Gasteiger partial charge in [-0.3, -0.25) is 4.79 Å². The molecule has 1 heterocycles. The molecule has 57 heavy (non-hydrogen) atoms. The Kier molecular flexibility index (Phi) is 35.1. The van der Waals surface area contributed by atoms with Crippen molar-refractivity contribution in [1.29, 1.82) is 0 Å². The van der Waals surface area contributed by atoms with Crippen LogP contribution in [0.5, 0.6) is 0 Å². The summed E-state index contributed by atoms with van der Waals surface area (Å²) in [7, 11) is 0. The third kappa shape index (κ3) is 26.8. The molecule has 0 radical (unpaired) electrons. The van der Waals surface area contributed by atoms with Crippen LogP contribution in [0.15, 0.2) is 0 Å². The van der Waals surface area contributed by atoms with E-state index in [2.05, 4.69) is 19.2 Å². The zero-order valence-corrected chi connectivity index (χ0v) is 36.6. The number of amides is 1. The Labute approximate surface area is 348 Å². The number of hydrogen-bond donors (Lipinski definition) is 8. The van der Waals surface area contributed by atoms with Gasteiger partial charge in [0, 0.05) is 0 Å². The van der Waals surface area contributed by atoms with E-state index in [0.717, 1.165) is 51.4 Å². The molecule has 11 heteroatoms. The number of nitrogens with one attached hydrogen (secondary N) is 1. The highest BCUT2D eigenvalue weighted by molar-refractivity contribution is 5.80. The summed E-state index contributed by atoms with van der Waals surface area (Å²) >= 11 is 0. The van der Waals surface area contributed by atoms with Gasteiger partial charge in [-0.1, -0.05) is 206 Å². The molecule has 340 valence electrons. The predicted octanol–water partition coefficient (Wildman–Crippen LogP) is 7.89. The van der Waals surface area contributed by atoms with Crippen LogP contribution in [0.25, 0.3) is 0 Å². The van der Waals surface area contributed by atoms with Crippen LogP contribution >= 0.6 is 0 Å². The van der Waals surface area contributed by atoms with Crippen molar-refractivity contribution in [1.82, 2.24) is 5.32 Å². The molecule has 0 aromatic carbocycles. The lowest BCUT2D eigenvalue weighted by Gasteiger charge is -2.40. The van der Waals surface area contributed by atoms with E-state index < -0.39 is 74.2 Å². The van der Waals surface area contributed by atoms with Gasteiger partial charge < -0.3 is 50.5 Å². The number of rotatable bonds is 40. The van der Waals surface area contributed by atoms with Gasteiger partial charge in [0.05, 0.1) is 25.4 Å². The lowest BCUT2D eigenvalue weighted by molar-refractivity contribution is -0.303. The fraction of sp³-hybridized carbons (Fsp3) is 0.978. The monoisotopic (exact) mass is 818 g/mol. The first-order valence-corrected chi connectivity index (χ1v) is 23.9. The number of carbonyl (C=O) groups excluding carboxylic acids is 1. The van der Waals surface area contributed by atoms with E-state index in [-0.39, 0.29) is 6.42 Å². The van der Waals surface area contributed by atoms with Gasteiger partial charge in [-0.25, -0.2) is 0 Å². The van der Waals surface area contributed by atoms with Crippen LogP contribution in [0, 0.1) is 0 Å². The Bertz CT molecular complexity index is 897. The van der Waals surface area contributed by atoms with Crippen molar-refractivity contribution < 1.29 is 50.0 Å². The van der Waals surface area contributed by atoms with Gasteiger partial charge in [-0.2, -0.15) is 0 Å². The van der Waals surface area contributed by atoms with Crippen molar-refractivity contribution in [2.24, 2.45) is 0 Å². The summed E-state index contributed by atoms with van der Waals surface area (Å²) in [6, 6.07) is -1.16. The summed E-state index contributed by atoms with van der Waals surface area (Å²) in [5.41, 5.74) is 0. The van der Waals surface area contributed by atoms with E-state index in [1.54, 1.807) is 0 Å². The van der Waals surface area contributed by atoms with Gasteiger partial charge in [0.25, 0.3) is 0 Å². The zero-order chi connectivity index (χ0) is 41.9. The summed E-state index contributed by atoms with van der Waals surface area (Å²) in [6.07, 6.45) is 26.4. The maximum Gasteiger partial charge on any atom is 0.249 e. The number of carbonyl (C=O) groups is 1. The van der Waals surface area contributed by atoms with Crippen LogP contribution in [-0.4, -0.2) is 110 Å². The molecule has 8 N–H and O–H groups in total. The highest BCUT2D eigenvalue weighted by atomic mass is 16.7. The molecule has 0 aliphatic carbocycles. The lowest BCUT2D eigenvalue weighted by Crippen LogP contribution is -2.60. The smallest absolute Gasteiger partial charge is 0.249 e. The molecule has 1 saturated heterocycles. The quantitative estimate of drug-likeness (QED) is 0.0283. The van der Waals surface area contributed by atoms with Crippen LogP contribution in [-0.2, 0) is 14.3 Å². The summed E-state index contributed by atoms with van der Waals surface area (Å²) in [5, 5.41) is 75.2. The third-order valence-corrected chi connectivity index (χ3v) is 11.9. The SMILES string of the molecule is CCCCCCCCCCCCCCCCCCCCCCCCCCC(O)C(=O)NC(COC1OC(CO)C(O)C(O)C1O)C(O)C(O)CCCCCCCC. The Morgan fingerprint density at radius 3 is 1.30 bits per heavy atom. The lowest BCUT2D eigenvalue weighted by atomic mass is 9.98. The van der Waals surface area contributed by atoms with E-state index in [1.165, 1.54) is 128 Å². The van der Waals surface area contributed by atoms with Crippen molar-refractivity contribution in [3.05, 3.63) is 0 Å². The second-order valence-corrected chi connectivity index (χ2v) is 17.2. The van der Waals surface area contributed by atoms with Crippen molar-refractivity contribution in [3.8, 4) is 0 Å². The Morgan fingerprint density at radius 1 is 0.544 bits per heavy atom. The molecule has 1 amide bonds. The minimum absolute atomic E-state index is 0.266. The molecule has 1 aliphatic rings. The molecule has 0 aromatic rings. The van der Waals surface area contributed by atoms with Gasteiger partial charge in [0.15, 0.2) is 6.29 Å². The minimum atomic E-state index is -1.65. The molecule has 0 aromatic heterocycles. The Hall–Kier alpha value is -0.890. The summed E-state index contributed by atoms with van der Waals surface area (Å²) < 4.78 is 11.0. The fourth-order valence-corrected chi connectivity index (χ4v) is 7.91. The van der Waals surface area contributed by atoms with E-state index >= 15 is 0 Å². The first kappa shape index (κ1) is 54.1.